The van der Waals surface area contributed by atoms with E-state index in [2.05, 4.69) is 89.2 Å². The van der Waals surface area contributed by atoms with Gasteiger partial charge in [0, 0.05) is 175 Å². The van der Waals surface area contributed by atoms with E-state index in [0.717, 1.165) is 158 Å². The van der Waals surface area contributed by atoms with Crippen LogP contribution in [0.2, 0.25) is 5.02 Å². The van der Waals surface area contributed by atoms with Crippen LogP contribution in [0, 0.1) is 18.2 Å². The van der Waals surface area contributed by atoms with E-state index in [0.29, 0.717) is 18.7 Å². The maximum absolute atomic E-state index is 13.5. The van der Waals surface area contributed by atoms with Crippen molar-refractivity contribution >= 4 is 79.6 Å². The normalized spacial score (nSPS) is 19.4. The largest absolute Gasteiger partial charge is 0.412 e. The Morgan fingerprint density at radius 2 is 1.45 bits per heavy atom. The van der Waals surface area contributed by atoms with Gasteiger partial charge in [-0.2, -0.15) is 18.2 Å². The van der Waals surface area contributed by atoms with Crippen LogP contribution in [0.1, 0.15) is 61.4 Å². The van der Waals surface area contributed by atoms with Crippen molar-refractivity contribution in [3.8, 4) is 0 Å². The van der Waals surface area contributed by atoms with Crippen LogP contribution in [0.4, 0.5) is 40.7 Å². The second-order valence-electron chi connectivity index (χ2n) is 22.1. The van der Waals surface area contributed by atoms with Crippen molar-refractivity contribution in [2.75, 3.05) is 131 Å². The third kappa shape index (κ3) is 20.1. The minimum absolute atomic E-state index is 0. The number of halogens is 4. The summed E-state index contributed by atoms with van der Waals surface area (Å²) in [5.41, 5.74) is 8.12. The molecule has 2 atom stereocenters. The van der Waals surface area contributed by atoms with Crippen molar-refractivity contribution in [3.63, 3.8) is 0 Å². The predicted octanol–water partition coefficient (Wildman–Crippen LogP) is 8.67. The second kappa shape index (κ2) is 33.3. The van der Waals surface area contributed by atoms with Gasteiger partial charge in [0.15, 0.2) is 6.68 Å². The van der Waals surface area contributed by atoms with E-state index in [9.17, 15) is 36.0 Å². The van der Waals surface area contributed by atoms with E-state index in [-0.39, 0.29) is 70.6 Å². The van der Waals surface area contributed by atoms with E-state index in [1.54, 1.807) is 34.9 Å². The third-order valence-electron chi connectivity index (χ3n) is 16.0. The van der Waals surface area contributed by atoms with Crippen molar-refractivity contribution < 1.29 is 77.5 Å². The van der Waals surface area contributed by atoms with Crippen LogP contribution >= 0.6 is 23.4 Å². The van der Waals surface area contributed by atoms with Gasteiger partial charge in [0.05, 0.1) is 6.61 Å². The van der Waals surface area contributed by atoms with E-state index < -0.39 is 22.6 Å². The summed E-state index contributed by atoms with van der Waals surface area (Å²) in [5, 5.41) is 6.77. The first kappa shape index (κ1) is 69.8. The average Bonchev–Trinajstić information content (AvgIpc) is 2.57. The number of anilines is 4. The third-order valence-corrected chi connectivity index (χ3v) is 18.8. The van der Waals surface area contributed by atoms with Crippen molar-refractivity contribution in [3.05, 3.63) is 156 Å². The summed E-state index contributed by atoms with van der Waals surface area (Å²) in [7, 11) is -4.16. The molecule has 4 amide bonds. The van der Waals surface area contributed by atoms with Gasteiger partial charge >= 0.3 is 6.03 Å². The Labute approximate surface area is 531 Å². The molecule has 4 saturated heterocycles. The van der Waals surface area contributed by atoms with Crippen LogP contribution in [0.25, 0.3) is 5.57 Å². The zero-order chi connectivity index (χ0) is 58.3. The maximum Gasteiger partial charge on any atom is 0.328 e. The van der Waals surface area contributed by atoms with Gasteiger partial charge in [-0.15, -0.1) is 17.8 Å². The minimum atomic E-state index is -4.16. The fourth-order valence-corrected chi connectivity index (χ4v) is 13.7. The first-order valence-corrected chi connectivity index (χ1v) is 31.3. The van der Waals surface area contributed by atoms with Gasteiger partial charge in [-0.05, 0) is 120 Å². The number of rotatable bonds is 19. The molecular weight excluding hydrogens is 1200 g/mol. The molecule has 4 heterocycles. The number of amides is 4. The van der Waals surface area contributed by atoms with Crippen LogP contribution in [0.3, 0.4) is 0 Å². The molecule has 0 spiro atoms. The van der Waals surface area contributed by atoms with Gasteiger partial charge < -0.3 is 48.9 Å². The van der Waals surface area contributed by atoms with Crippen molar-refractivity contribution in [1.29, 1.82) is 0 Å². The van der Waals surface area contributed by atoms with Gasteiger partial charge in [-0.1, -0.05) is 66.2 Å². The Bertz CT molecular complexity index is 3100. The molecule has 0 bridgehead atoms. The zero-order valence-corrected chi connectivity index (χ0v) is 52.6. The number of urea groups is 1. The van der Waals surface area contributed by atoms with Gasteiger partial charge in [-0.3, -0.25) is 34.3 Å². The number of sulfonamides is 1. The molecular formula is C62H77ClF3N9O8S2Sc-2. The number of hydrogen-bond donors (Lipinski definition) is 3. The van der Waals surface area contributed by atoms with E-state index in [4.69, 9.17) is 16.3 Å². The molecule has 5 aromatic carbocycles. The molecule has 7 N–H and O–H groups in total. The molecule has 4 aliphatic heterocycles. The number of allylic oxidation sites excluding steroid dienone is 1. The summed E-state index contributed by atoms with van der Waals surface area (Å²) in [4.78, 5) is 52.9. The molecule has 5 aromatic rings. The summed E-state index contributed by atoms with van der Waals surface area (Å²) in [6.45, 7) is 13.2. The molecule has 4 fully saturated rings. The number of benzene rings is 5. The number of carbonyl (C=O) groups excluding carboxylic acids is 3. The second-order valence-corrected chi connectivity index (χ2v) is 25.3. The van der Waals surface area contributed by atoms with Crippen LogP contribution in [-0.4, -0.2) is 169 Å². The van der Waals surface area contributed by atoms with Gasteiger partial charge in [-0.25, -0.2) is 13.2 Å². The Hall–Kier alpha value is -5.34. The molecule has 1 radical (unpaired) electrons. The number of thioether (sulfide) groups is 1. The molecule has 463 valence electrons. The van der Waals surface area contributed by atoms with Gasteiger partial charge in [0.2, 0.25) is 15.9 Å². The van der Waals surface area contributed by atoms with Gasteiger partial charge in [0.1, 0.15) is 0 Å². The molecule has 0 saturated carbocycles. The molecule has 0 unspecified atom stereocenters. The van der Waals surface area contributed by atoms with Crippen molar-refractivity contribution in [2.45, 2.75) is 61.3 Å². The Morgan fingerprint density at radius 1 is 0.779 bits per heavy atom. The minimum Gasteiger partial charge on any atom is -0.412 e. The maximum atomic E-state index is 13.5. The monoisotopic (exact) mass is 1280 g/mol. The van der Waals surface area contributed by atoms with Gasteiger partial charge in [0.25, 0.3) is 5.91 Å². The summed E-state index contributed by atoms with van der Waals surface area (Å²) < 4.78 is 63.7. The molecule has 17 nitrogen and oxygen atoms in total. The van der Waals surface area contributed by atoms with E-state index in [1.165, 1.54) is 33.7 Å². The standard InChI is InChI=1S/C61H73ClN9O6S2.CF3.2H2O.Sc/c1-61(45-68-32-36-70(37-33-68)53-7-5-8-54(41-53)71-29-25-58(72)64-60(71)74)26-23-57(46-11-15-49(62)16-12-46)48(42-61)43-67-30-34-69(35-31-67)52-19-13-47(14-20-52)59(73)65-79(75,76)56-21-17-50(18-22-56)63-51(44-78-55-9-3-2-4-10-55)24-28-66-27-6-39-77-40-38-66;2-1(3)4;;;/h2-5,7-17,19-22,41,51,63H,6,23-40,42-45H2,1H3,(H,65,73)(H,64,72,74);;2*1H2;/q2*-1;;;/t51-,61-;;;;/m1..../s1. The summed E-state index contributed by atoms with van der Waals surface area (Å²) in [6, 6.07) is 41.5. The Kier molecular flexibility index (Phi) is 27.0. The molecule has 86 heavy (non-hydrogen) atoms. The number of piperazine rings is 2. The average molecular weight is 1280 g/mol. The molecule has 0 aromatic heterocycles. The summed E-state index contributed by atoms with van der Waals surface area (Å²) in [5.74, 6) is -0.0889. The van der Waals surface area contributed by atoms with Crippen LogP contribution in [-0.2, 0) is 45.4 Å². The van der Waals surface area contributed by atoms with E-state index in [1.807, 2.05) is 54.6 Å². The fraction of sp³-hybridized carbons (Fsp3) is 0.419. The number of ether oxygens (including phenoxy) is 1. The number of imide groups is 1. The molecule has 24 heteroatoms. The van der Waals surface area contributed by atoms with Crippen LogP contribution < -0.4 is 30.1 Å². The first-order valence-electron chi connectivity index (χ1n) is 28.4. The SMILES string of the molecule is C[C@@]1(CN2CCN(c3cccc(N4CCC(=O)NC4=O)c3)CC2)CCC(c2ccc(Cl)cc2)=C(CN2CCN(c3ccc(C(=O)NS(=O)(=O)c4c[c-]c(N[C@H](CCN5CCCOCC5)CSc5ccccc5)cc4)cc3)CC2)C1.F[C-](F)F.O.O.[Sc]. The summed E-state index contributed by atoms with van der Waals surface area (Å²) >= 11 is 8.17. The number of hydrogen-bond acceptors (Lipinski definition) is 13. The Morgan fingerprint density at radius 3 is 2.13 bits per heavy atom. The molecule has 5 aliphatic rings. The smallest absolute Gasteiger partial charge is 0.328 e. The molecule has 1 aliphatic carbocycles. The van der Waals surface area contributed by atoms with E-state index >= 15 is 0 Å². The number of nitrogens with zero attached hydrogens (tertiary/aromatic N) is 6. The first-order chi connectivity index (χ1) is 40.0. The summed E-state index contributed by atoms with van der Waals surface area (Å²) in [6.07, 6.45) is 5.34. The van der Waals surface area contributed by atoms with Crippen LogP contribution in [0.5, 0.6) is 0 Å². The quantitative estimate of drug-likeness (QED) is 0.0522. The predicted molar refractivity (Wildman–Crippen MR) is 331 cm³/mol. The van der Waals surface area contributed by atoms with Crippen molar-refractivity contribution in [1.82, 2.24) is 24.7 Å². The topological polar surface area (TPSA) is 213 Å². The van der Waals surface area contributed by atoms with Crippen LogP contribution in [0.15, 0.2) is 137 Å². The zero-order valence-electron chi connectivity index (χ0n) is 48.4. The number of carbonyl (C=O) groups is 3. The number of nitrogens with one attached hydrogen (secondary N) is 3. The fourth-order valence-electron chi connectivity index (χ4n) is 11.6. The van der Waals surface area contributed by atoms with Crippen molar-refractivity contribution in [2.24, 2.45) is 5.41 Å². The Balaban J connectivity index is 0.00000164. The molecule has 10 rings (SSSR count).